The van der Waals surface area contributed by atoms with Crippen LogP contribution in [0, 0.1) is 5.82 Å². The van der Waals surface area contributed by atoms with Gasteiger partial charge in [0.25, 0.3) is 0 Å². The lowest BCUT2D eigenvalue weighted by Gasteiger charge is -2.21. The van der Waals surface area contributed by atoms with Gasteiger partial charge in [-0.05, 0) is 43.0 Å². The smallest absolute Gasteiger partial charge is 0.238 e. The van der Waals surface area contributed by atoms with E-state index in [-0.39, 0.29) is 34.5 Å². The van der Waals surface area contributed by atoms with E-state index in [1.165, 1.54) is 6.07 Å². The maximum atomic E-state index is 14.9. The number of halogens is 2. The number of carbonyl (C=O) groups excluding carboxylic acids is 1. The first-order valence-corrected chi connectivity index (χ1v) is 12.3. The van der Waals surface area contributed by atoms with Crippen LogP contribution in [0.5, 0.6) is 0 Å². The maximum absolute atomic E-state index is 14.9. The maximum Gasteiger partial charge on any atom is 0.238 e. The van der Waals surface area contributed by atoms with E-state index in [1.807, 2.05) is 6.07 Å². The molecule has 1 aromatic carbocycles. The molecule has 1 saturated heterocycles. The van der Waals surface area contributed by atoms with Crippen molar-refractivity contribution in [3.8, 4) is 0 Å². The minimum absolute atomic E-state index is 0.00773. The third-order valence-corrected chi connectivity index (χ3v) is 8.63. The molecule has 6 rings (SSSR count). The van der Waals surface area contributed by atoms with Gasteiger partial charge in [-0.1, -0.05) is 11.6 Å². The second kappa shape index (κ2) is 6.26. The largest absolute Gasteiger partial charge is 0.320 e. The number of carbonyl (C=O) groups is 1. The quantitative estimate of drug-likeness (QED) is 0.599. The van der Waals surface area contributed by atoms with Crippen molar-refractivity contribution in [3.63, 3.8) is 0 Å². The highest BCUT2D eigenvalue weighted by atomic mass is 35.5. The Labute approximate surface area is 182 Å². The van der Waals surface area contributed by atoms with E-state index in [9.17, 15) is 17.6 Å². The Morgan fingerprint density at radius 3 is 2.81 bits per heavy atom. The van der Waals surface area contributed by atoms with Gasteiger partial charge >= 0.3 is 0 Å². The number of imidazole rings is 1. The predicted octanol–water partition coefficient (Wildman–Crippen LogP) is 3.16. The highest BCUT2D eigenvalue weighted by Crippen LogP contribution is 2.57. The zero-order chi connectivity index (χ0) is 21.5. The summed E-state index contributed by atoms with van der Waals surface area (Å²) in [7, 11) is -3.21. The van der Waals surface area contributed by atoms with Crippen LogP contribution in [0.1, 0.15) is 36.7 Å². The van der Waals surface area contributed by atoms with E-state index >= 15 is 0 Å². The van der Waals surface area contributed by atoms with Crippen LogP contribution in [-0.4, -0.2) is 40.4 Å². The SMILES string of the molecule is O=C1N(Cc2nc3cc(Cl)cc(F)c3n2[C@H]2CCS(=O)(=O)C2)c2cnccc2C12CC2. The number of pyridine rings is 1. The number of hydrogen-bond acceptors (Lipinski definition) is 5. The lowest BCUT2D eigenvalue weighted by molar-refractivity contribution is -0.120. The van der Waals surface area contributed by atoms with E-state index in [0.717, 1.165) is 24.1 Å². The lowest BCUT2D eigenvalue weighted by Crippen LogP contribution is -2.33. The Bertz CT molecular complexity index is 1380. The van der Waals surface area contributed by atoms with Gasteiger partial charge in [-0.2, -0.15) is 0 Å². The Balaban J connectivity index is 1.50. The summed E-state index contributed by atoms with van der Waals surface area (Å²) < 4.78 is 40.9. The third-order valence-electron chi connectivity index (χ3n) is 6.66. The van der Waals surface area contributed by atoms with Crippen molar-refractivity contribution >= 4 is 44.1 Å². The topological polar surface area (TPSA) is 85.2 Å². The molecular weight excluding hydrogens is 443 g/mol. The summed E-state index contributed by atoms with van der Waals surface area (Å²) in [5.74, 6) is -0.154. The summed E-state index contributed by atoms with van der Waals surface area (Å²) in [4.78, 5) is 23.7. The Kier molecular flexibility index (Phi) is 3.87. The molecule has 0 unspecified atom stereocenters. The van der Waals surface area contributed by atoms with Crippen LogP contribution in [0.3, 0.4) is 0 Å². The van der Waals surface area contributed by atoms with Gasteiger partial charge in [-0.25, -0.2) is 17.8 Å². The molecule has 7 nitrogen and oxygen atoms in total. The molecule has 1 saturated carbocycles. The summed E-state index contributed by atoms with van der Waals surface area (Å²) in [5.41, 5.74) is 1.79. The second-order valence-corrected chi connectivity index (χ2v) is 11.2. The predicted molar refractivity (Wildman–Crippen MR) is 113 cm³/mol. The van der Waals surface area contributed by atoms with Crippen LogP contribution in [0.25, 0.3) is 11.0 Å². The van der Waals surface area contributed by atoms with Crippen LogP contribution in [0.4, 0.5) is 10.1 Å². The first kappa shape index (κ1) is 19.2. The van der Waals surface area contributed by atoms with Crippen molar-refractivity contribution in [1.82, 2.24) is 14.5 Å². The molecule has 31 heavy (non-hydrogen) atoms. The zero-order valence-electron chi connectivity index (χ0n) is 16.4. The van der Waals surface area contributed by atoms with Crippen LogP contribution < -0.4 is 4.90 Å². The average molecular weight is 461 g/mol. The summed E-state index contributed by atoms with van der Waals surface area (Å²) in [5, 5.41) is 0.212. The van der Waals surface area contributed by atoms with Crippen molar-refractivity contribution in [2.45, 2.75) is 37.3 Å². The molecule has 2 aliphatic heterocycles. The van der Waals surface area contributed by atoms with Crippen molar-refractivity contribution in [2.24, 2.45) is 0 Å². The van der Waals surface area contributed by atoms with Gasteiger partial charge in [0.15, 0.2) is 15.7 Å². The van der Waals surface area contributed by atoms with E-state index < -0.39 is 27.1 Å². The summed E-state index contributed by atoms with van der Waals surface area (Å²) >= 11 is 6.04. The molecule has 1 atom stereocenters. The van der Waals surface area contributed by atoms with Crippen molar-refractivity contribution in [1.29, 1.82) is 0 Å². The van der Waals surface area contributed by atoms with Crippen molar-refractivity contribution in [3.05, 3.63) is 52.8 Å². The molecular formula is C21H18ClFN4O3S. The summed E-state index contributed by atoms with van der Waals surface area (Å²) in [6, 6.07) is 4.20. The third kappa shape index (κ3) is 2.75. The first-order valence-electron chi connectivity index (χ1n) is 10.1. The first-order chi connectivity index (χ1) is 14.8. The number of benzene rings is 1. The van der Waals surface area contributed by atoms with Crippen LogP contribution >= 0.6 is 11.6 Å². The van der Waals surface area contributed by atoms with Gasteiger partial charge in [0.1, 0.15) is 11.3 Å². The fourth-order valence-electron chi connectivity index (χ4n) is 5.08. The number of sulfone groups is 1. The highest BCUT2D eigenvalue weighted by Gasteiger charge is 2.59. The van der Waals surface area contributed by atoms with Gasteiger partial charge in [0.05, 0.1) is 46.9 Å². The Hall–Kier alpha value is -2.52. The van der Waals surface area contributed by atoms with Gasteiger partial charge in [-0.3, -0.25) is 9.78 Å². The van der Waals surface area contributed by atoms with Crippen molar-refractivity contribution < 1.29 is 17.6 Å². The summed E-state index contributed by atoms with van der Waals surface area (Å²) in [6.45, 7) is 0.113. The van der Waals surface area contributed by atoms with E-state index in [2.05, 4.69) is 9.97 Å². The molecule has 1 aliphatic carbocycles. The Morgan fingerprint density at radius 2 is 2.10 bits per heavy atom. The molecule has 3 aromatic rings. The fourth-order valence-corrected chi connectivity index (χ4v) is 6.98. The molecule has 10 heteroatoms. The summed E-state index contributed by atoms with van der Waals surface area (Å²) in [6.07, 6.45) is 5.32. The number of hydrogen-bond donors (Lipinski definition) is 0. The molecule has 0 N–H and O–H groups in total. The molecule has 0 bridgehead atoms. The molecule has 0 radical (unpaired) electrons. The molecule has 4 heterocycles. The van der Waals surface area contributed by atoms with E-state index in [4.69, 9.17) is 11.6 Å². The van der Waals surface area contributed by atoms with Crippen LogP contribution in [0.2, 0.25) is 5.02 Å². The van der Waals surface area contributed by atoms with Gasteiger partial charge in [0.2, 0.25) is 5.91 Å². The standard InChI is InChI=1S/C21H18ClFN4O3S/c22-12-7-15(23)19-16(8-12)25-18(27(19)13-2-6-31(29,30)11-13)10-26-17-9-24-5-1-14(17)21(3-4-21)20(26)28/h1,5,7-9,13H,2-4,6,10-11H2/t13-/m0/s1. The minimum atomic E-state index is -3.21. The number of amides is 1. The van der Waals surface area contributed by atoms with E-state index in [1.54, 1.807) is 27.9 Å². The molecule has 1 spiro atoms. The molecule has 2 aromatic heterocycles. The van der Waals surface area contributed by atoms with Crippen molar-refractivity contribution in [2.75, 3.05) is 16.4 Å². The number of rotatable bonds is 3. The minimum Gasteiger partial charge on any atom is -0.320 e. The second-order valence-electron chi connectivity index (χ2n) is 8.58. The van der Waals surface area contributed by atoms with Gasteiger partial charge in [-0.15, -0.1) is 0 Å². The Morgan fingerprint density at radius 1 is 1.29 bits per heavy atom. The lowest BCUT2D eigenvalue weighted by atomic mass is 9.99. The van der Waals surface area contributed by atoms with Gasteiger partial charge < -0.3 is 9.47 Å². The van der Waals surface area contributed by atoms with Crippen LogP contribution in [0.15, 0.2) is 30.6 Å². The van der Waals surface area contributed by atoms with E-state index in [0.29, 0.717) is 17.8 Å². The molecule has 1 amide bonds. The monoisotopic (exact) mass is 460 g/mol. The normalized spacial score (nSPS) is 23.1. The average Bonchev–Trinajstić information content (AvgIpc) is 3.26. The fraction of sp³-hybridized carbons (Fsp3) is 0.381. The number of nitrogens with zero attached hydrogens (tertiary/aromatic N) is 4. The number of aromatic nitrogens is 3. The molecule has 3 aliphatic rings. The highest BCUT2D eigenvalue weighted by molar-refractivity contribution is 7.91. The zero-order valence-corrected chi connectivity index (χ0v) is 18.0. The number of anilines is 1. The molecule has 160 valence electrons. The van der Waals surface area contributed by atoms with Gasteiger partial charge in [0, 0.05) is 11.2 Å². The van der Waals surface area contributed by atoms with Crippen LogP contribution in [-0.2, 0) is 26.6 Å². The number of fused-ring (bicyclic) bond motifs is 3. The molecule has 2 fully saturated rings.